The fourth-order valence-electron chi connectivity index (χ4n) is 3.80. The van der Waals surface area contributed by atoms with Crippen molar-refractivity contribution in [3.8, 4) is 5.75 Å². The number of hydrogen-bond donors (Lipinski definition) is 1. The van der Waals surface area contributed by atoms with Crippen molar-refractivity contribution in [3.05, 3.63) is 119 Å². The number of anilines is 1. The van der Waals surface area contributed by atoms with Crippen molar-refractivity contribution < 1.29 is 14.3 Å². The molecule has 0 spiro atoms. The van der Waals surface area contributed by atoms with Crippen LogP contribution >= 0.6 is 11.6 Å². The van der Waals surface area contributed by atoms with Gasteiger partial charge in [-0.3, -0.25) is 9.59 Å². The molecular formula is C29H27ClN2O3. The van der Waals surface area contributed by atoms with E-state index in [9.17, 15) is 9.59 Å². The monoisotopic (exact) mass is 486 g/mol. The molecule has 35 heavy (non-hydrogen) atoms. The number of nitrogens with zero attached hydrogens (tertiary/aromatic N) is 1. The molecule has 6 heteroatoms. The first-order valence-corrected chi connectivity index (χ1v) is 11.9. The molecule has 0 unspecified atom stereocenters. The molecule has 178 valence electrons. The third-order valence-corrected chi connectivity index (χ3v) is 5.93. The topological polar surface area (TPSA) is 58.6 Å². The third kappa shape index (κ3) is 7.08. The lowest BCUT2D eigenvalue weighted by atomic mass is 10.1. The van der Waals surface area contributed by atoms with E-state index in [0.717, 1.165) is 22.5 Å². The van der Waals surface area contributed by atoms with E-state index >= 15 is 0 Å². The molecule has 1 aliphatic rings. The molecule has 0 radical (unpaired) electrons. The minimum atomic E-state index is -0.162. The van der Waals surface area contributed by atoms with Gasteiger partial charge in [-0.2, -0.15) is 0 Å². The SMILES string of the molecule is O=C(/C=C/C=C1/CN(C(=O)COc2ccc(Cl)cc2)c2ccccc2CN1)CCc1ccccc1. The van der Waals surface area contributed by atoms with E-state index in [-0.39, 0.29) is 18.3 Å². The van der Waals surface area contributed by atoms with Gasteiger partial charge in [0, 0.05) is 29.4 Å². The maximum Gasteiger partial charge on any atom is 0.265 e. The van der Waals surface area contributed by atoms with Crippen LogP contribution in [0.2, 0.25) is 5.02 Å². The molecule has 5 nitrogen and oxygen atoms in total. The zero-order valence-electron chi connectivity index (χ0n) is 19.3. The molecule has 0 aromatic heterocycles. The summed E-state index contributed by atoms with van der Waals surface area (Å²) in [7, 11) is 0. The zero-order chi connectivity index (χ0) is 24.5. The van der Waals surface area contributed by atoms with E-state index in [2.05, 4.69) is 5.32 Å². The molecule has 0 atom stereocenters. The van der Waals surface area contributed by atoms with E-state index < -0.39 is 0 Å². The first-order chi connectivity index (χ1) is 17.1. The number of para-hydroxylation sites is 1. The first-order valence-electron chi connectivity index (χ1n) is 11.5. The molecule has 3 aromatic carbocycles. The Labute approximate surface area is 210 Å². The lowest BCUT2D eigenvalue weighted by Gasteiger charge is -2.23. The van der Waals surface area contributed by atoms with Gasteiger partial charge in [-0.05, 0) is 60.0 Å². The number of carbonyl (C=O) groups is 2. The van der Waals surface area contributed by atoms with Gasteiger partial charge in [-0.1, -0.05) is 66.2 Å². The molecule has 1 heterocycles. The largest absolute Gasteiger partial charge is 0.484 e. The van der Waals surface area contributed by atoms with Crippen molar-refractivity contribution in [2.75, 3.05) is 18.1 Å². The summed E-state index contributed by atoms with van der Waals surface area (Å²) in [6.07, 6.45) is 6.36. The van der Waals surface area contributed by atoms with Crippen molar-refractivity contribution in [2.24, 2.45) is 0 Å². The van der Waals surface area contributed by atoms with Gasteiger partial charge in [0.2, 0.25) is 0 Å². The Bertz CT molecular complexity index is 1220. The summed E-state index contributed by atoms with van der Waals surface area (Å²) in [4.78, 5) is 27.2. The van der Waals surface area contributed by atoms with Crippen molar-refractivity contribution in [2.45, 2.75) is 19.4 Å². The van der Waals surface area contributed by atoms with Crippen LogP contribution in [0.15, 0.2) is 103 Å². The summed E-state index contributed by atoms with van der Waals surface area (Å²) in [6, 6.07) is 24.7. The molecule has 0 saturated carbocycles. The van der Waals surface area contributed by atoms with Gasteiger partial charge in [0.15, 0.2) is 12.4 Å². The summed E-state index contributed by atoms with van der Waals surface area (Å²) in [5, 5.41) is 3.99. The van der Waals surface area contributed by atoms with E-state index in [1.807, 2.05) is 60.7 Å². The maximum atomic E-state index is 13.1. The highest BCUT2D eigenvalue weighted by Crippen LogP contribution is 2.25. The van der Waals surface area contributed by atoms with Crippen LogP contribution in [0.25, 0.3) is 0 Å². The maximum absolute atomic E-state index is 13.1. The van der Waals surface area contributed by atoms with Crippen LogP contribution in [0.5, 0.6) is 5.75 Å². The molecule has 0 bridgehead atoms. The summed E-state index contributed by atoms with van der Waals surface area (Å²) in [5.41, 5.74) is 3.84. The second-order valence-corrected chi connectivity index (χ2v) is 8.64. The van der Waals surface area contributed by atoms with Gasteiger partial charge in [0.1, 0.15) is 5.75 Å². The standard InChI is InChI=1S/C29H27ClN2O3/c30-24-14-17-27(18-15-24)35-21-29(34)32-20-25(31-19-23-9-4-5-12-28(23)32)10-6-11-26(33)16-13-22-7-2-1-3-8-22/h1-12,14-15,17-18,31H,13,16,19-21H2/b11-6+,25-10-. The number of amides is 1. The number of nitrogens with one attached hydrogen (secondary N) is 1. The quantitative estimate of drug-likeness (QED) is 0.427. The van der Waals surface area contributed by atoms with Crippen LogP contribution < -0.4 is 15.0 Å². The first kappa shape index (κ1) is 24.3. The number of fused-ring (bicyclic) bond motifs is 1. The summed E-state index contributed by atoms with van der Waals surface area (Å²) < 4.78 is 5.69. The Morgan fingerprint density at radius 3 is 2.51 bits per heavy atom. The highest BCUT2D eigenvalue weighted by Gasteiger charge is 2.23. The number of ketones is 1. The summed E-state index contributed by atoms with van der Waals surface area (Å²) in [5.74, 6) is 0.480. The number of aryl methyl sites for hydroxylation is 1. The van der Waals surface area contributed by atoms with Gasteiger partial charge in [-0.15, -0.1) is 0 Å². The second-order valence-electron chi connectivity index (χ2n) is 8.21. The lowest BCUT2D eigenvalue weighted by molar-refractivity contribution is -0.120. The third-order valence-electron chi connectivity index (χ3n) is 5.68. The van der Waals surface area contributed by atoms with Crippen molar-refractivity contribution >= 4 is 29.0 Å². The van der Waals surface area contributed by atoms with Crippen LogP contribution in [0.1, 0.15) is 17.5 Å². The Balaban J connectivity index is 1.41. The molecule has 4 rings (SSSR count). The van der Waals surface area contributed by atoms with Crippen LogP contribution in [-0.4, -0.2) is 24.8 Å². The van der Waals surface area contributed by atoms with Gasteiger partial charge in [0.25, 0.3) is 5.91 Å². The Morgan fingerprint density at radius 2 is 1.71 bits per heavy atom. The van der Waals surface area contributed by atoms with Crippen LogP contribution in [0.4, 0.5) is 5.69 Å². The van der Waals surface area contributed by atoms with Crippen molar-refractivity contribution in [1.29, 1.82) is 0 Å². The smallest absolute Gasteiger partial charge is 0.265 e. The summed E-state index contributed by atoms with van der Waals surface area (Å²) in [6.45, 7) is 0.832. The minimum Gasteiger partial charge on any atom is -0.484 e. The number of allylic oxidation sites excluding steroid dienone is 3. The molecule has 0 aliphatic carbocycles. The number of benzene rings is 3. The van der Waals surface area contributed by atoms with E-state index in [4.69, 9.17) is 16.3 Å². The average Bonchev–Trinajstić information content (AvgIpc) is 3.07. The van der Waals surface area contributed by atoms with E-state index in [1.54, 1.807) is 41.3 Å². The lowest BCUT2D eigenvalue weighted by Crippen LogP contribution is -2.37. The van der Waals surface area contributed by atoms with E-state index in [0.29, 0.717) is 36.7 Å². The summed E-state index contributed by atoms with van der Waals surface area (Å²) >= 11 is 5.92. The fourth-order valence-corrected chi connectivity index (χ4v) is 3.92. The number of carbonyl (C=O) groups excluding carboxylic acids is 2. The highest BCUT2D eigenvalue weighted by atomic mass is 35.5. The van der Waals surface area contributed by atoms with Gasteiger partial charge in [0.05, 0.1) is 6.54 Å². The number of halogens is 1. The molecular weight excluding hydrogens is 460 g/mol. The number of ether oxygens (including phenoxy) is 1. The normalized spacial score (nSPS) is 14.3. The molecule has 1 amide bonds. The van der Waals surface area contributed by atoms with Gasteiger partial charge >= 0.3 is 0 Å². The average molecular weight is 487 g/mol. The van der Waals surface area contributed by atoms with Crippen molar-refractivity contribution in [1.82, 2.24) is 5.32 Å². The zero-order valence-corrected chi connectivity index (χ0v) is 20.1. The van der Waals surface area contributed by atoms with Crippen LogP contribution in [-0.2, 0) is 22.6 Å². The number of hydrogen-bond acceptors (Lipinski definition) is 4. The highest BCUT2D eigenvalue weighted by molar-refractivity contribution is 6.30. The Morgan fingerprint density at radius 1 is 0.971 bits per heavy atom. The van der Waals surface area contributed by atoms with Crippen molar-refractivity contribution in [3.63, 3.8) is 0 Å². The molecule has 1 aliphatic heterocycles. The molecule has 0 fully saturated rings. The molecule has 3 aromatic rings. The van der Waals surface area contributed by atoms with Crippen LogP contribution in [0, 0.1) is 0 Å². The predicted octanol–water partition coefficient (Wildman–Crippen LogP) is 5.50. The molecule has 1 N–H and O–H groups in total. The Hall–Kier alpha value is -3.83. The number of rotatable bonds is 8. The fraction of sp³-hybridized carbons (Fsp3) is 0.172. The predicted molar refractivity (Wildman–Crippen MR) is 140 cm³/mol. The van der Waals surface area contributed by atoms with Gasteiger partial charge < -0.3 is 15.0 Å². The van der Waals surface area contributed by atoms with E-state index in [1.165, 1.54) is 0 Å². The second kappa shape index (κ2) is 12.0. The van der Waals surface area contributed by atoms with Gasteiger partial charge in [-0.25, -0.2) is 0 Å². The Kier molecular flexibility index (Phi) is 8.36. The molecule has 0 saturated heterocycles. The van der Waals surface area contributed by atoms with Crippen LogP contribution in [0.3, 0.4) is 0 Å². The minimum absolute atomic E-state index is 0.0620.